The number of hydrogen-bond acceptors (Lipinski definition) is 2. The molecule has 1 atom stereocenters. The minimum Gasteiger partial charge on any atom is -0.351 e. The predicted octanol–water partition coefficient (Wildman–Crippen LogP) is 3.46. The summed E-state index contributed by atoms with van der Waals surface area (Å²) in [6.45, 7) is 4.89. The number of unbranched alkanes of at least 4 members (excludes halogenated alkanes) is 1. The Kier molecular flexibility index (Phi) is 7.87. The third kappa shape index (κ3) is 5.53. The lowest BCUT2D eigenvalue weighted by atomic mass is 10.4. The van der Waals surface area contributed by atoms with Crippen LogP contribution in [0.25, 0.3) is 0 Å². The largest absolute Gasteiger partial charge is 0.351 e. The minimum absolute atomic E-state index is 0.741. The van der Waals surface area contributed by atoms with Crippen LogP contribution in [0, 0.1) is 0 Å². The number of rotatable bonds is 7. The average Bonchev–Trinajstić information content (AvgIpc) is 2.06. The van der Waals surface area contributed by atoms with Crippen molar-refractivity contribution in [3.05, 3.63) is 0 Å². The molecule has 0 amide bonds. The monoisotopic (exact) mass is 228 g/mol. The fourth-order valence-corrected chi connectivity index (χ4v) is 3.69. The zero-order valence-electron chi connectivity index (χ0n) is 7.88. The maximum absolute atomic E-state index is 5.61. The molecule has 0 saturated heterocycles. The molecule has 0 radical (unpaired) electrons. The van der Waals surface area contributed by atoms with Crippen molar-refractivity contribution in [2.24, 2.45) is 0 Å². The fraction of sp³-hybridized carbons (Fsp3) is 1.00. The molecule has 0 aromatic heterocycles. The van der Waals surface area contributed by atoms with Crippen molar-refractivity contribution in [2.45, 2.75) is 26.7 Å². The summed E-state index contributed by atoms with van der Waals surface area (Å²) in [6, 6.07) is 0. The molecule has 0 fully saturated rings. The van der Waals surface area contributed by atoms with Crippen molar-refractivity contribution >= 4 is 29.7 Å². The highest BCUT2D eigenvalue weighted by atomic mass is 35.5. The van der Waals surface area contributed by atoms with Crippen LogP contribution in [0.5, 0.6) is 0 Å². The summed E-state index contributed by atoms with van der Waals surface area (Å²) in [5.74, 6) is 0.741. The van der Waals surface area contributed by atoms with E-state index in [1.165, 1.54) is 0 Å². The Bertz CT molecular complexity index is 152. The smallest absolute Gasteiger partial charge is 0.0671 e. The van der Waals surface area contributed by atoms with E-state index in [2.05, 4.69) is 6.92 Å². The van der Waals surface area contributed by atoms with Crippen LogP contribution in [-0.4, -0.2) is 24.8 Å². The molecule has 1 unspecified atom stereocenters. The van der Waals surface area contributed by atoms with E-state index < -0.39 is 6.26 Å². The second-order valence-electron chi connectivity index (χ2n) is 2.67. The van der Waals surface area contributed by atoms with Gasteiger partial charge in [-0.05, 0) is 32.1 Å². The summed E-state index contributed by atoms with van der Waals surface area (Å²) in [6.07, 6.45) is 2.79. The summed E-state index contributed by atoms with van der Waals surface area (Å²) in [5.41, 5.74) is 0. The van der Waals surface area contributed by atoms with Gasteiger partial charge in [-0.25, -0.2) is 0 Å². The lowest BCUT2D eigenvalue weighted by Crippen LogP contribution is -1.98. The van der Waals surface area contributed by atoms with Gasteiger partial charge in [0.2, 0.25) is 0 Å². The second-order valence-corrected chi connectivity index (χ2v) is 8.01. The van der Waals surface area contributed by atoms with Crippen molar-refractivity contribution in [3.63, 3.8) is 0 Å². The zero-order chi connectivity index (χ0) is 9.45. The lowest BCUT2D eigenvalue weighted by molar-refractivity contribution is 0.375. The highest BCUT2D eigenvalue weighted by Crippen LogP contribution is 2.47. The van der Waals surface area contributed by atoms with Crippen LogP contribution in [-0.2, 0) is 16.3 Å². The van der Waals surface area contributed by atoms with Gasteiger partial charge in [-0.2, -0.15) is 0 Å². The van der Waals surface area contributed by atoms with Crippen LogP contribution < -0.4 is 0 Å². The van der Waals surface area contributed by atoms with Gasteiger partial charge in [0.25, 0.3) is 0 Å². The van der Waals surface area contributed by atoms with Crippen LogP contribution in [0.15, 0.2) is 0 Å². The third-order valence-electron chi connectivity index (χ3n) is 1.73. The van der Waals surface area contributed by atoms with Crippen molar-refractivity contribution in [2.75, 3.05) is 24.8 Å². The highest BCUT2D eigenvalue weighted by Gasteiger charge is 2.13. The summed E-state index contributed by atoms with van der Waals surface area (Å²) in [7, 11) is 0. The Hall–Kier alpha value is 0.900. The van der Waals surface area contributed by atoms with E-state index >= 15 is 0 Å². The number of hydrogen-bond donors (Lipinski definition) is 0. The summed E-state index contributed by atoms with van der Waals surface area (Å²) in [4.78, 5) is 0. The molecule has 0 bridgehead atoms. The lowest BCUT2D eigenvalue weighted by Gasteiger charge is -2.19. The van der Waals surface area contributed by atoms with Gasteiger partial charge in [-0.1, -0.05) is 18.7 Å². The third-order valence-corrected chi connectivity index (χ3v) is 6.32. The first-order chi connectivity index (χ1) is 5.68. The fourth-order valence-electron chi connectivity index (χ4n) is 0.996. The number of halogens is 1. The van der Waals surface area contributed by atoms with Gasteiger partial charge >= 0.3 is 0 Å². The Balaban J connectivity index is 3.72. The molecule has 0 saturated carbocycles. The van der Waals surface area contributed by atoms with E-state index in [0.29, 0.717) is 0 Å². The summed E-state index contributed by atoms with van der Waals surface area (Å²) < 4.78 is 5.61. The molecule has 0 aliphatic rings. The van der Waals surface area contributed by atoms with Gasteiger partial charge in [0.15, 0.2) is 0 Å². The maximum atomic E-state index is 5.61. The molecule has 4 heteroatoms. The van der Waals surface area contributed by atoms with Crippen molar-refractivity contribution in [1.29, 1.82) is 0 Å². The molecular weight excluding hydrogens is 211 g/mol. The molecular formula is C8H18ClOPS. The van der Waals surface area contributed by atoms with Gasteiger partial charge in [0.05, 0.1) is 6.26 Å². The van der Waals surface area contributed by atoms with Gasteiger partial charge in [0.1, 0.15) is 0 Å². The SMILES string of the molecule is CCOP(=S)(CC)CCCCCl. The first-order valence-electron chi connectivity index (χ1n) is 4.47. The molecule has 0 aliphatic carbocycles. The quantitative estimate of drug-likeness (QED) is 0.375. The summed E-state index contributed by atoms with van der Waals surface area (Å²) in [5, 5.41) is 0. The van der Waals surface area contributed by atoms with E-state index in [4.69, 9.17) is 27.9 Å². The van der Waals surface area contributed by atoms with E-state index in [9.17, 15) is 0 Å². The standard InChI is InChI=1S/C8H18ClOPS/c1-3-10-11(12,4-2)8-6-5-7-9/h3-8H2,1-2H3. The van der Waals surface area contributed by atoms with Crippen LogP contribution in [0.2, 0.25) is 0 Å². The molecule has 0 aromatic carbocycles. The molecule has 0 rings (SSSR count). The van der Waals surface area contributed by atoms with Crippen LogP contribution >= 0.6 is 17.9 Å². The first-order valence-corrected chi connectivity index (χ1v) is 8.09. The Morgan fingerprint density at radius 3 is 2.42 bits per heavy atom. The second kappa shape index (κ2) is 7.32. The molecule has 12 heavy (non-hydrogen) atoms. The minimum atomic E-state index is -1.46. The first kappa shape index (κ1) is 12.9. The van der Waals surface area contributed by atoms with Crippen molar-refractivity contribution in [1.82, 2.24) is 0 Å². The molecule has 0 aliphatic heterocycles. The van der Waals surface area contributed by atoms with E-state index in [1.807, 2.05) is 6.92 Å². The molecule has 0 N–H and O–H groups in total. The van der Waals surface area contributed by atoms with Crippen LogP contribution in [0.4, 0.5) is 0 Å². The Labute approximate surface area is 85.9 Å². The van der Waals surface area contributed by atoms with Gasteiger partial charge in [0, 0.05) is 12.5 Å². The predicted molar refractivity (Wildman–Crippen MR) is 61.3 cm³/mol. The molecule has 1 nitrogen and oxygen atoms in total. The molecule has 0 heterocycles. The number of alkyl halides is 1. The maximum Gasteiger partial charge on any atom is 0.0671 e. The zero-order valence-corrected chi connectivity index (χ0v) is 10.4. The van der Waals surface area contributed by atoms with Gasteiger partial charge in [-0.15, -0.1) is 11.6 Å². The molecule has 0 spiro atoms. The van der Waals surface area contributed by atoms with E-state index in [-0.39, 0.29) is 0 Å². The normalized spacial score (nSPS) is 15.9. The highest BCUT2D eigenvalue weighted by molar-refractivity contribution is 8.12. The Morgan fingerprint density at radius 2 is 2.00 bits per heavy atom. The average molecular weight is 229 g/mol. The summed E-state index contributed by atoms with van der Waals surface area (Å²) >= 11 is 11.0. The van der Waals surface area contributed by atoms with Crippen molar-refractivity contribution in [3.8, 4) is 0 Å². The van der Waals surface area contributed by atoms with Crippen molar-refractivity contribution < 1.29 is 4.52 Å². The van der Waals surface area contributed by atoms with E-state index in [1.54, 1.807) is 0 Å². The van der Waals surface area contributed by atoms with Crippen LogP contribution in [0.1, 0.15) is 26.7 Å². The molecule has 0 aromatic rings. The Morgan fingerprint density at radius 1 is 1.33 bits per heavy atom. The topological polar surface area (TPSA) is 9.23 Å². The van der Waals surface area contributed by atoms with Crippen LogP contribution in [0.3, 0.4) is 0 Å². The van der Waals surface area contributed by atoms with E-state index in [0.717, 1.165) is 37.7 Å². The van der Waals surface area contributed by atoms with Gasteiger partial charge in [-0.3, -0.25) is 0 Å². The van der Waals surface area contributed by atoms with Gasteiger partial charge < -0.3 is 4.52 Å². The molecule has 74 valence electrons.